The van der Waals surface area contributed by atoms with Crippen molar-refractivity contribution in [2.24, 2.45) is 5.84 Å². The van der Waals surface area contributed by atoms with E-state index in [9.17, 15) is 0 Å². The Morgan fingerprint density at radius 2 is 2.00 bits per heavy atom. The lowest BCUT2D eigenvalue weighted by Crippen LogP contribution is -2.33. The zero-order valence-electron chi connectivity index (χ0n) is 10.2. The van der Waals surface area contributed by atoms with Gasteiger partial charge in [-0.2, -0.15) is 0 Å². The van der Waals surface area contributed by atoms with Gasteiger partial charge in [0.05, 0.1) is 0 Å². The van der Waals surface area contributed by atoms with E-state index in [1.807, 2.05) is 0 Å². The summed E-state index contributed by atoms with van der Waals surface area (Å²) in [5.74, 6) is 5.51. The summed E-state index contributed by atoms with van der Waals surface area (Å²) in [6.07, 6.45) is 5.54. The van der Waals surface area contributed by atoms with Crippen molar-refractivity contribution < 1.29 is 0 Å². The zero-order chi connectivity index (χ0) is 11.8. The maximum Gasteiger partial charge on any atom is 0.0392 e. The van der Waals surface area contributed by atoms with Crippen molar-refractivity contribution in [1.82, 2.24) is 5.43 Å². The van der Waals surface area contributed by atoms with Gasteiger partial charge >= 0.3 is 0 Å². The fraction of sp³-hybridized carbons (Fsp3) is 0.429. The van der Waals surface area contributed by atoms with E-state index in [1.54, 1.807) is 0 Å². The third-order valence-electron chi connectivity index (χ3n) is 2.57. The topological polar surface area (TPSA) is 38.0 Å². The van der Waals surface area contributed by atoms with E-state index in [1.165, 1.54) is 11.1 Å². The summed E-state index contributed by atoms with van der Waals surface area (Å²) in [6.45, 7) is 4.20. The van der Waals surface area contributed by atoms with E-state index in [4.69, 9.17) is 5.84 Å². The minimum atomic E-state index is 0.300. The number of hydrogen-bond acceptors (Lipinski definition) is 2. The van der Waals surface area contributed by atoms with Crippen molar-refractivity contribution in [3.8, 4) is 0 Å². The fourth-order valence-corrected chi connectivity index (χ4v) is 1.79. The molecule has 0 spiro atoms. The summed E-state index contributed by atoms with van der Waals surface area (Å²) >= 11 is 0. The SMILES string of the molecule is CC(C)=CC(CCCc1ccccc1)NN. The zero-order valence-corrected chi connectivity index (χ0v) is 10.2. The Bertz CT molecular complexity index is 313. The Morgan fingerprint density at radius 1 is 1.31 bits per heavy atom. The van der Waals surface area contributed by atoms with Crippen LogP contribution in [0.5, 0.6) is 0 Å². The molecule has 88 valence electrons. The van der Waals surface area contributed by atoms with Crippen LogP contribution < -0.4 is 11.3 Å². The van der Waals surface area contributed by atoms with Crippen molar-refractivity contribution in [3.63, 3.8) is 0 Å². The summed E-state index contributed by atoms with van der Waals surface area (Å²) in [7, 11) is 0. The van der Waals surface area contributed by atoms with Gasteiger partial charge in [0.15, 0.2) is 0 Å². The molecule has 1 unspecified atom stereocenters. The van der Waals surface area contributed by atoms with Gasteiger partial charge in [-0.15, -0.1) is 0 Å². The molecule has 0 amide bonds. The summed E-state index contributed by atoms with van der Waals surface area (Å²) in [5, 5.41) is 0. The first-order chi connectivity index (χ1) is 7.72. The highest BCUT2D eigenvalue weighted by Gasteiger charge is 2.02. The molecule has 0 radical (unpaired) electrons. The highest BCUT2D eigenvalue weighted by Crippen LogP contribution is 2.08. The van der Waals surface area contributed by atoms with Crippen LogP contribution in [0.4, 0.5) is 0 Å². The molecule has 0 fully saturated rings. The van der Waals surface area contributed by atoms with Gasteiger partial charge < -0.3 is 0 Å². The van der Waals surface area contributed by atoms with E-state index in [-0.39, 0.29) is 0 Å². The molecule has 0 aromatic heterocycles. The Kier molecular flexibility index (Phi) is 5.83. The predicted octanol–water partition coefficient (Wildman–Crippen LogP) is 2.81. The molecule has 2 heteroatoms. The van der Waals surface area contributed by atoms with Gasteiger partial charge in [-0.05, 0) is 38.7 Å². The van der Waals surface area contributed by atoms with E-state index in [0.29, 0.717) is 6.04 Å². The molecule has 2 nitrogen and oxygen atoms in total. The molecule has 3 N–H and O–H groups in total. The molecule has 1 atom stereocenters. The highest BCUT2D eigenvalue weighted by atomic mass is 15.2. The second-order valence-corrected chi connectivity index (χ2v) is 4.40. The van der Waals surface area contributed by atoms with Gasteiger partial charge in [0.1, 0.15) is 0 Å². The van der Waals surface area contributed by atoms with Crippen molar-refractivity contribution in [3.05, 3.63) is 47.5 Å². The Labute approximate surface area is 98.5 Å². The first kappa shape index (κ1) is 12.9. The Hall–Kier alpha value is -1.12. The number of rotatable bonds is 6. The first-order valence-corrected chi connectivity index (χ1v) is 5.87. The van der Waals surface area contributed by atoms with Gasteiger partial charge in [0, 0.05) is 6.04 Å². The standard InChI is InChI=1S/C14H22N2/c1-12(2)11-14(16-15)10-6-9-13-7-4-3-5-8-13/h3-5,7-8,11,14,16H,6,9-10,15H2,1-2H3. The molecule has 1 aromatic rings. The fourth-order valence-electron chi connectivity index (χ4n) is 1.79. The third-order valence-corrected chi connectivity index (χ3v) is 2.57. The number of allylic oxidation sites excluding steroid dienone is 1. The van der Waals surface area contributed by atoms with Crippen molar-refractivity contribution >= 4 is 0 Å². The predicted molar refractivity (Wildman–Crippen MR) is 69.9 cm³/mol. The summed E-state index contributed by atoms with van der Waals surface area (Å²) in [4.78, 5) is 0. The van der Waals surface area contributed by atoms with Gasteiger partial charge in [-0.25, -0.2) is 0 Å². The highest BCUT2D eigenvalue weighted by molar-refractivity contribution is 5.14. The minimum Gasteiger partial charge on any atom is -0.271 e. The van der Waals surface area contributed by atoms with Crippen LogP contribution in [0.15, 0.2) is 42.0 Å². The van der Waals surface area contributed by atoms with Crippen LogP contribution in [0, 0.1) is 0 Å². The average molecular weight is 218 g/mol. The molecular weight excluding hydrogens is 196 g/mol. The average Bonchev–Trinajstić information content (AvgIpc) is 2.28. The molecule has 0 bridgehead atoms. The molecule has 0 saturated carbocycles. The number of hydrogen-bond donors (Lipinski definition) is 2. The minimum absolute atomic E-state index is 0.300. The van der Waals surface area contributed by atoms with Crippen molar-refractivity contribution in [2.45, 2.75) is 39.2 Å². The van der Waals surface area contributed by atoms with Crippen LogP contribution in [-0.2, 0) is 6.42 Å². The van der Waals surface area contributed by atoms with Crippen LogP contribution >= 0.6 is 0 Å². The molecule has 0 heterocycles. The summed E-state index contributed by atoms with van der Waals surface area (Å²) in [6, 6.07) is 10.9. The second-order valence-electron chi connectivity index (χ2n) is 4.40. The molecule has 0 aliphatic rings. The molecule has 1 rings (SSSR count). The smallest absolute Gasteiger partial charge is 0.0392 e. The van der Waals surface area contributed by atoms with E-state index in [0.717, 1.165) is 19.3 Å². The molecule has 16 heavy (non-hydrogen) atoms. The third kappa shape index (κ3) is 5.10. The number of aryl methyl sites for hydroxylation is 1. The van der Waals surface area contributed by atoms with Gasteiger partial charge in [0.25, 0.3) is 0 Å². The molecule has 0 aliphatic heterocycles. The Morgan fingerprint density at radius 3 is 2.56 bits per heavy atom. The lowest BCUT2D eigenvalue weighted by Gasteiger charge is -2.12. The number of nitrogens with two attached hydrogens (primary N) is 1. The van der Waals surface area contributed by atoms with Crippen LogP contribution in [-0.4, -0.2) is 6.04 Å². The maximum absolute atomic E-state index is 5.51. The van der Waals surface area contributed by atoms with Gasteiger partial charge in [0.2, 0.25) is 0 Å². The summed E-state index contributed by atoms with van der Waals surface area (Å²) in [5.41, 5.74) is 5.55. The molecule has 1 aromatic carbocycles. The first-order valence-electron chi connectivity index (χ1n) is 5.87. The number of benzene rings is 1. The quantitative estimate of drug-likeness (QED) is 0.438. The van der Waals surface area contributed by atoms with Gasteiger partial charge in [-0.3, -0.25) is 11.3 Å². The number of nitrogens with one attached hydrogen (secondary N) is 1. The second kappa shape index (κ2) is 7.20. The van der Waals surface area contributed by atoms with Crippen LogP contribution in [0.25, 0.3) is 0 Å². The van der Waals surface area contributed by atoms with Crippen molar-refractivity contribution in [2.75, 3.05) is 0 Å². The largest absolute Gasteiger partial charge is 0.271 e. The lowest BCUT2D eigenvalue weighted by molar-refractivity contribution is 0.552. The van der Waals surface area contributed by atoms with Crippen molar-refractivity contribution in [1.29, 1.82) is 0 Å². The van der Waals surface area contributed by atoms with Crippen LogP contribution in [0.3, 0.4) is 0 Å². The maximum atomic E-state index is 5.51. The normalized spacial score (nSPS) is 12.2. The van der Waals surface area contributed by atoms with E-state index in [2.05, 4.69) is 55.7 Å². The Balaban J connectivity index is 2.32. The number of hydrazine groups is 1. The lowest BCUT2D eigenvalue weighted by atomic mass is 10.0. The van der Waals surface area contributed by atoms with E-state index >= 15 is 0 Å². The molecule has 0 saturated heterocycles. The van der Waals surface area contributed by atoms with Crippen LogP contribution in [0.2, 0.25) is 0 Å². The molecular formula is C14H22N2. The van der Waals surface area contributed by atoms with Crippen LogP contribution in [0.1, 0.15) is 32.3 Å². The van der Waals surface area contributed by atoms with Gasteiger partial charge in [-0.1, -0.05) is 42.0 Å². The molecule has 0 aliphatic carbocycles. The monoisotopic (exact) mass is 218 g/mol. The summed E-state index contributed by atoms with van der Waals surface area (Å²) < 4.78 is 0. The van der Waals surface area contributed by atoms with E-state index < -0.39 is 0 Å².